The fraction of sp³-hybridized carbons (Fsp3) is 0.438. The number of carbonyl (C=O) groups is 3. The van der Waals surface area contributed by atoms with Crippen molar-refractivity contribution >= 4 is 23.4 Å². The quantitative estimate of drug-likeness (QED) is 0.901. The maximum atomic E-state index is 13.1. The van der Waals surface area contributed by atoms with Crippen molar-refractivity contribution in [2.24, 2.45) is 0 Å². The Morgan fingerprint density at radius 3 is 2.21 bits per heavy atom. The van der Waals surface area contributed by atoms with Crippen LogP contribution in [0.3, 0.4) is 0 Å². The molecule has 6 nitrogen and oxygen atoms in total. The molecule has 0 saturated carbocycles. The second-order valence-electron chi connectivity index (χ2n) is 5.56. The molecule has 3 amide bonds. The molecule has 0 aromatic heterocycles. The number of halogens is 2. The number of nitrogens with zero attached hydrogens (tertiary/aromatic N) is 2. The highest BCUT2D eigenvalue weighted by Crippen LogP contribution is 2.14. The van der Waals surface area contributed by atoms with Gasteiger partial charge in [-0.15, -0.1) is 0 Å². The number of benzene rings is 1. The number of hydrogen-bond acceptors (Lipinski definition) is 3. The topological polar surface area (TPSA) is 69.7 Å². The molecule has 24 heavy (non-hydrogen) atoms. The third-order valence-electron chi connectivity index (χ3n) is 3.85. The van der Waals surface area contributed by atoms with Crippen LogP contribution in [0.25, 0.3) is 0 Å². The van der Waals surface area contributed by atoms with Crippen molar-refractivity contribution in [2.75, 3.05) is 31.5 Å². The van der Waals surface area contributed by atoms with E-state index < -0.39 is 17.5 Å². The molecule has 1 aromatic carbocycles. The lowest BCUT2D eigenvalue weighted by molar-refractivity contribution is -0.138. The molecule has 1 aliphatic rings. The van der Waals surface area contributed by atoms with Crippen LogP contribution >= 0.6 is 0 Å². The number of carbonyl (C=O) groups excluding carboxylic acids is 3. The van der Waals surface area contributed by atoms with Crippen LogP contribution in [0.5, 0.6) is 0 Å². The molecule has 1 heterocycles. The maximum absolute atomic E-state index is 13.1. The zero-order valence-electron chi connectivity index (χ0n) is 13.3. The van der Waals surface area contributed by atoms with E-state index in [2.05, 4.69) is 5.32 Å². The van der Waals surface area contributed by atoms with E-state index in [0.717, 1.165) is 12.1 Å². The van der Waals surface area contributed by atoms with Gasteiger partial charge in [0.1, 0.15) is 0 Å². The number of nitrogens with one attached hydrogen (secondary N) is 1. The van der Waals surface area contributed by atoms with Gasteiger partial charge in [-0.3, -0.25) is 14.4 Å². The van der Waals surface area contributed by atoms with Crippen molar-refractivity contribution in [2.45, 2.75) is 19.8 Å². The van der Waals surface area contributed by atoms with Crippen molar-refractivity contribution in [3.8, 4) is 0 Å². The third kappa shape index (κ3) is 4.74. The van der Waals surface area contributed by atoms with Gasteiger partial charge in [-0.25, -0.2) is 8.78 Å². The molecule has 0 unspecified atom stereocenters. The van der Waals surface area contributed by atoms with Gasteiger partial charge in [-0.2, -0.15) is 0 Å². The molecule has 130 valence electrons. The summed E-state index contributed by atoms with van der Waals surface area (Å²) in [5, 5.41) is 2.42. The summed E-state index contributed by atoms with van der Waals surface area (Å²) in [5.41, 5.74) is 0.140. The first-order valence-electron chi connectivity index (χ1n) is 7.65. The van der Waals surface area contributed by atoms with Gasteiger partial charge < -0.3 is 15.1 Å². The van der Waals surface area contributed by atoms with Crippen LogP contribution in [-0.4, -0.2) is 53.7 Å². The van der Waals surface area contributed by atoms with Gasteiger partial charge in [0.25, 0.3) is 0 Å². The van der Waals surface area contributed by atoms with E-state index >= 15 is 0 Å². The van der Waals surface area contributed by atoms with Crippen LogP contribution < -0.4 is 5.32 Å². The van der Waals surface area contributed by atoms with Gasteiger partial charge in [0.15, 0.2) is 11.6 Å². The minimum atomic E-state index is -1.05. The number of anilines is 1. The molecule has 0 spiro atoms. The molecule has 0 aliphatic carbocycles. The molecule has 1 fully saturated rings. The Hall–Kier alpha value is -2.51. The van der Waals surface area contributed by atoms with Gasteiger partial charge in [-0.05, 0) is 12.1 Å². The smallest absolute Gasteiger partial charge is 0.224 e. The summed E-state index contributed by atoms with van der Waals surface area (Å²) in [7, 11) is 0. The molecular formula is C16H19F2N3O3. The van der Waals surface area contributed by atoms with E-state index in [1.807, 2.05) is 0 Å². The number of amides is 3. The molecule has 1 saturated heterocycles. The lowest BCUT2D eigenvalue weighted by Crippen LogP contribution is -2.50. The molecule has 1 aromatic rings. The Morgan fingerprint density at radius 2 is 1.62 bits per heavy atom. The van der Waals surface area contributed by atoms with Gasteiger partial charge in [0.2, 0.25) is 17.7 Å². The molecule has 1 aliphatic heterocycles. The zero-order valence-corrected chi connectivity index (χ0v) is 13.3. The summed E-state index contributed by atoms with van der Waals surface area (Å²) < 4.78 is 25.9. The SMILES string of the molecule is CC(=O)N1CCN(C(=O)CCC(=O)Nc2ccc(F)c(F)c2)CC1. The van der Waals surface area contributed by atoms with Crippen LogP contribution in [0.2, 0.25) is 0 Å². The van der Waals surface area contributed by atoms with Crippen molar-refractivity contribution in [3.05, 3.63) is 29.8 Å². The van der Waals surface area contributed by atoms with E-state index in [-0.39, 0.29) is 30.3 Å². The summed E-state index contributed by atoms with van der Waals surface area (Å²) in [6, 6.07) is 3.06. The average molecular weight is 339 g/mol. The largest absolute Gasteiger partial charge is 0.339 e. The summed E-state index contributed by atoms with van der Waals surface area (Å²) >= 11 is 0. The number of rotatable bonds is 4. The summed E-state index contributed by atoms with van der Waals surface area (Å²) in [4.78, 5) is 38.4. The fourth-order valence-corrected chi connectivity index (χ4v) is 2.45. The first kappa shape index (κ1) is 17.8. The van der Waals surface area contributed by atoms with E-state index in [4.69, 9.17) is 0 Å². The Labute approximate surface area is 138 Å². The highest BCUT2D eigenvalue weighted by Gasteiger charge is 2.22. The van der Waals surface area contributed by atoms with Crippen LogP contribution in [0.4, 0.5) is 14.5 Å². The molecule has 1 N–H and O–H groups in total. The maximum Gasteiger partial charge on any atom is 0.224 e. The van der Waals surface area contributed by atoms with Gasteiger partial charge in [0.05, 0.1) is 0 Å². The minimum Gasteiger partial charge on any atom is -0.339 e. The molecule has 0 bridgehead atoms. The Morgan fingerprint density at radius 1 is 1.00 bits per heavy atom. The Bertz CT molecular complexity index is 643. The molecule has 0 radical (unpaired) electrons. The second-order valence-corrected chi connectivity index (χ2v) is 5.56. The summed E-state index contributed by atoms with van der Waals surface area (Å²) in [6.45, 7) is 3.36. The minimum absolute atomic E-state index is 0.0204. The standard InChI is InChI=1S/C16H19F2N3O3/c1-11(22)20-6-8-21(9-7-20)16(24)5-4-15(23)19-12-2-3-13(17)14(18)10-12/h2-3,10H,4-9H2,1H3,(H,19,23). The third-order valence-corrected chi connectivity index (χ3v) is 3.85. The van der Waals surface area contributed by atoms with Crippen molar-refractivity contribution in [1.29, 1.82) is 0 Å². The summed E-state index contributed by atoms with van der Waals surface area (Å²) in [5.74, 6) is -2.68. The first-order chi connectivity index (χ1) is 11.4. The highest BCUT2D eigenvalue weighted by molar-refractivity contribution is 5.93. The Balaban J connectivity index is 1.76. The number of hydrogen-bond donors (Lipinski definition) is 1. The monoisotopic (exact) mass is 339 g/mol. The lowest BCUT2D eigenvalue weighted by atomic mass is 10.2. The van der Waals surface area contributed by atoms with Crippen LogP contribution in [-0.2, 0) is 14.4 Å². The molecule has 2 rings (SSSR count). The summed E-state index contributed by atoms with van der Waals surface area (Å²) in [6.07, 6.45) is -0.0274. The van der Waals surface area contributed by atoms with Gasteiger partial charge in [0, 0.05) is 57.7 Å². The predicted molar refractivity (Wildman–Crippen MR) is 83.1 cm³/mol. The highest BCUT2D eigenvalue weighted by atomic mass is 19.2. The van der Waals surface area contributed by atoms with E-state index in [1.165, 1.54) is 13.0 Å². The average Bonchev–Trinajstić information content (AvgIpc) is 2.56. The Kier molecular flexibility index (Phi) is 5.83. The number of piperazine rings is 1. The zero-order chi connectivity index (χ0) is 17.7. The van der Waals surface area contributed by atoms with Crippen LogP contribution in [0.15, 0.2) is 18.2 Å². The van der Waals surface area contributed by atoms with E-state index in [9.17, 15) is 23.2 Å². The first-order valence-corrected chi connectivity index (χ1v) is 7.65. The molecule has 8 heteroatoms. The lowest BCUT2D eigenvalue weighted by Gasteiger charge is -2.34. The molecule has 0 atom stereocenters. The van der Waals surface area contributed by atoms with Crippen LogP contribution in [0.1, 0.15) is 19.8 Å². The normalized spacial score (nSPS) is 14.5. The van der Waals surface area contributed by atoms with E-state index in [0.29, 0.717) is 26.2 Å². The van der Waals surface area contributed by atoms with Gasteiger partial charge in [-0.1, -0.05) is 0 Å². The van der Waals surface area contributed by atoms with E-state index in [1.54, 1.807) is 9.80 Å². The van der Waals surface area contributed by atoms with Crippen LogP contribution in [0, 0.1) is 11.6 Å². The van der Waals surface area contributed by atoms with Crippen molar-refractivity contribution in [3.63, 3.8) is 0 Å². The van der Waals surface area contributed by atoms with Gasteiger partial charge >= 0.3 is 0 Å². The second kappa shape index (κ2) is 7.85. The predicted octanol–water partition coefficient (Wildman–Crippen LogP) is 1.37. The fourth-order valence-electron chi connectivity index (χ4n) is 2.45. The molecular weight excluding hydrogens is 320 g/mol. The van der Waals surface area contributed by atoms with Crippen molar-refractivity contribution < 1.29 is 23.2 Å². The van der Waals surface area contributed by atoms with Crippen molar-refractivity contribution in [1.82, 2.24) is 9.80 Å².